The Morgan fingerprint density at radius 3 is 2.77 bits per heavy atom. The minimum Gasteiger partial charge on any atom is -0.465 e. The van der Waals surface area contributed by atoms with Crippen molar-refractivity contribution in [2.45, 2.75) is 6.92 Å². The van der Waals surface area contributed by atoms with Crippen LogP contribution in [-0.2, 0) is 9.53 Å². The van der Waals surface area contributed by atoms with Gasteiger partial charge in [0.1, 0.15) is 5.82 Å². The number of amides is 1. The van der Waals surface area contributed by atoms with Gasteiger partial charge < -0.3 is 14.6 Å². The normalized spacial score (nSPS) is 10.1. The van der Waals surface area contributed by atoms with Gasteiger partial charge in [0.15, 0.2) is 0 Å². The quantitative estimate of drug-likeness (QED) is 0.820. The second kappa shape index (κ2) is 6.70. The van der Waals surface area contributed by atoms with Crippen LogP contribution in [0.25, 0.3) is 0 Å². The first-order chi connectivity index (χ1) is 10.5. The number of nitrogens with one attached hydrogen (secondary N) is 2. The summed E-state index contributed by atoms with van der Waals surface area (Å²) in [6.07, 6.45) is 0. The minimum atomic E-state index is -0.593. The highest BCUT2D eigenvalue weighted by molar-refractivity contribution is 5.93. The topological polar surface area (TPSA) is 93.5 Å². The molecule has 2 aromatic rings. The van der Waals surface area contributed by atoms with E-state index in [0.29, 0.717) is 5.69 Å². The SMILES string of the molecule is COC(=O)c1ccc(F)c(NCC(=O)Nc2cc(C)no2)c1. The number of benzene rings is 1. The van der Waals surface area contributed by atoms with E-state index in [-0.39, 0.29) is 23.7 Å². The predicted molar refractivity (Wildman–Crippen MR) is 76.1 cm³/mol. The van der Waals surface area contributed by atoms with E-state index in [0.717, 1.165) is 6.07 Å². The van der Waals surface area contributed by atoms with Gasteiger partial charge in [-0.05, 0) is 25.1 Å². The number of anilines is 2. The Labute approximate surface area is 125 Å². The van der Waals surface area contributed by atoms with Crippen molar-refractivity contribution in [3.8, 4) is 0 Å². The maximum atomic E-state index is 13.6. The molecule has 0 saturated carbocycles. The average molecular weight is 307 g/mol. The zero-order valence-corrected chi connectivity index (χ0v) is 12.0. The van der Waals surface area contributed by atoms with Gasteiger partial charge in [-0.25, -0.2) is 9.18 Å². The number of carbonyl (C=O) groups excluding carboxylic acids is 2. The van der Waals surface area contributed by atoms with Crippen molar-refractivity contribution in [3.63, 3.8) is 0 Å². The molecule has 1 aromatic carbocycles. The summed E-state index contributed by atoms with van der Waals surface area (Å²) < 4.78 is 23.0. The van der Waals surface area contributed by atoms with E-state index >= 15 is 0 Å². The summed E-state index contributed by atoms with van der Waals surface area (Å²) in [5.74, 6) is -1.42. The summed E-state index contributed by atoms with van der Waals surface area (Å²) in [5.41, 5.74) is 0.824. The number of ether oxygens (including phenoxy) is 1. The van der Waals surface area contributed by atoms with Crippen molar-refractivity contribution < 1.29 is 23.2 Å². The highest BCUT2D eigenvalue weighted by Crippen LogP contribution is 2.17. The Kier molecular flexibility index (Phi) is 4.72. The van der Waals surface area contributed by atoms with Crippen LogP contribution in [0.3, 0.4) is 0 Å². The predicted octanol–water partition coefficient (Wildman–Crippen LogP) is 1.96. The fourth-order valence-corrected chi connectivity index (χ4v) is 1.69. The van der Waals surface area contributed by atoms with Gasteiger partial charge in [0.25, 0.3) is 0 Å². The van der Waals surface area contributed by atoms with Crippen molar-refractivity contribution in [1.82, 2.24) is 5.16 Å². The molecule has 1 amide bonds. The monoisotopic (exact) mass is 307 g/mol. The van der Waals surface area contributed by atoms with Crippen molar-refractivity contribution in [1.29, 1.82) is 0 Å². The summed E-state index contributed by atoms with van der Waals surface area (Å²) in [6, 6.07) is 5.24. The van der Waals surface area contributed by atoms with Crippen LogP contribution in [0.4, 0.5) is 16.0 Å². The molecule has 0 radical (unpaired) electrons. The van der Waals surface area contributed by atoms with Crippen LogP contribution in [-0.4, -0.2) is 30.7 Å². The van der Waals surface area contributed by atoms with Gasteiger partial charge in [0, 0.05) is 6.07 Å². The molecule has 1 heterocycles. The molecule has 0 aliphatic heterocycles. The molecule has 7 nitrogen and oxygen atoms in total. The maximum Gasteiger partial charge on any atom is 0.337 e. The number of aryl methyl sites for hydroxylation is 1. The van der Waals surface area contributed by atoms with Gasteiger partial charge in [-0.15, -0.1) is 0 Å². The van der Waals surface area contributed by atoms with Crippen LogP contribution in [0.1, 0.15) is 16.1 Å². The number of halogens is 1. The first-order valence-corrected chi connectivity index (χ1v) is 6.34. The van der Waals surface area contributed by atoms with E-state index < -0.39 is 17.7 Å². The molecule has 0 bridgehead atoms. The lowest BCUT2D eigenvalue weighted by atomic mass is 10.2. The van der Waals surface area contributed by atoms with Crippen molar-refractivity contribution in [3.05, 3.63) is 41.3 Å². The van der Waals surface area contributed by atoms with Gasteiger partial charge in [-0.1, -0.05) is 5.16 Å². The second-order valence-electron chi connectivity index (χ2n) is 4.42. The lowest BCUT2D eigenvalue weighted by Gasteiger charge is -2.08. The molecule has 0 fully saturated rings. The Morgan fingerprint density at radius 1 is 1.36 bits per heavy atom. The summed E-state index contributed by atoms with van der Waals surface area (Å²) >= 11 is 0. The zero-order valence-electron chi connectivity index (χ0n) is 12.0. The molecule has 0 saturated heterocycles. The minimum absolute atomic E-state index is 0.0202. The number of rotatable bonds is 5. The number of carbonyl (C=O) groups is 2. The van der Waals surface area contributed by atoms with Gasteiger partial charge in [0.2, 0.25) is 11.8 Å². The third-order valence-corrected chi connectivity index (χ3v) is 2.72. The van der Waals surface area contributed by atoms with Crippen molar-refractivity contribution in [2.75, 3.05) is 24.3 Å². The van der Waals surface area contributed by atoms with Crippen LogP contribution in [0, 0.1) is 12.7 Å². The maximum absolute atomic E-state index is 13.6. The van der Waals surface area contributed by atoms with E-state index in [1.54, 1.807) is 13.0 Å². The molecule has 2 rings (SSSR count). The van der Waals surface area contributed by atoms with Gasteiger partial charge >= 0.3 is 5.97 Å². The first kappa shape index (κ1) is 15.5. The highest BCUT2D eigenvalue weighted by atomic mass is 19.1. The molecule has 0 aliphatic rings. The lowest BCUT2D eigenvalue weighted by molar-refractivity contribution is -0.114. The van der Waals surface area contributed by atoms with Gasteiger partial charge in [-0.2, -0.15) is 0 Å². The molecule has 0 aliphatic carbocycles. The smallest absolute Gasteiger partial charge is 0.337 e. The molecule has 0 atom stereocenters. The molecule has 0 unspecified atom stereocenters. The molecule has 22 heavy (non-hydrogen) atoms. The average Bonchev–Trinajstić information content (AvgIpc) is 2.90. The Balaban J connectivity index is 1.98. The summed E-state index contributed by atoms with van der Waals surface area (Å²) in [4.78, 5) is 23.1. The van der Waals surface area contributed by atoms with Gasteiger partial charge in [-0.3, -0.25) is 10.1 Å². The van der Waals surface area contributed by atoms with E-state index in [2.05, 4.69) is 20.5 Å². The third-order valence-electron chi connectivity index (χ3n) is 2.72. The summed E-state index contributed by atoms with van der Waals surface area (Å²) in [6.45, 7) is 1.51. The Hall–Kier alpha value is -2.90. The van der Waals surface area contributed by atoms with Crippen LogP contribution in [0.15, 0.2) is 28.8 Å². The largest absolute Gasteiger partial charge is 0.465 e. The molecular formula is C14H14FN3O4. The number of hydrogen-bond acceptors (Lipinski definition) is 6. The van der Waals surface area contributed by atoms with Crippen molar-refractivity contribution in [2.24, 2.45) is 0 Å². The number of nitrogens with zero attached hydrogens (tertiary/aromatic N) is 1. The number of methoxy groups -OCH3 is 1. The fourth-order valence-electron chi connectivity index (χ4n) is 1.69. The fraction of sp³-hybridized carbons (Fsp3) is 0.214. The zero-order chi connectivity index (χ0) is 16.1. The molecule has 0 spiro atoms. The highest BCUT2D eigenvalue weighted by Gasteiger charge is 2.11. The number of aromatic nitrogens is 1. The molecule has 2 N–H and O–H groups in total. The Bertz CT molecular complexity index is 699. The van der Waals surface area contributed by atoms with Gasteiger partial charge in [0.05, 0.1) is 30.6 Å². The first-order valence-electron chi connectivity index (χ1n) is 6.34. The second-order valence-corrected chi connectivity index (χ2v) is 4.42. The molecular weight excluding hydrogens is 293 g/mol. The lowest BCUT2D eigenvalue weighted by Crippen LogP contribution is -2.22. The molecule has 8 heteroatoms. The van der Waals surface area contributed by atoms with Crippen LogP contribution >= 0.6 is 0 Å². The standard InChI is InChI=1S/C14H14FN3O4/c1-8-5-13(22-18-8)17-12(19)7-16-11-6-9(14(20)21-2)3-4-10(11)15/h3-6,16H,7H2,1-2H3,(H,17,19). The molecule has 1 aromatic heterocycles. The van der Waals surface area contributed by atoms with E-state index in [1.165, 1.54) is 19.2 Å². The van der Waals surface area contributed by atoms with E-state index in [1.807, 2.05) is 0 Å². The third kappa shape index (κ3) is 3.81. The van der Waals surface area contributed by atoms with E-state index in [9.17, 15) is 14.0 Å². The number of hydrogen-bond donors (Lipinski definition) is 2. The van der Waals surface area contributed by atoms with Crippen molar-refractivity contribution >= 4 is 23.4 Å². The van der Waals surface area contributed by atoms with Crippen LogP contribution in [0.5, 0.6) is 0 Å². The summed E-state index contributed by atoms with van der Waals surface area (Å²) in [7, 11) is 1.23. The van der Waals surface area contributed by atoms with Crippen LogP contribution < -0.4 is 10.6 Å². The Morgan fingerprint density at radius 2 is 2.14 bits per heavy atom. The van der Waals surface area contributed by atoms with E-state index in [4.69, 9.17) is 4.52 Å². The summed E-state index contributed by atoms with van der Waals surface area (Å²) in [5, 5.41) is 8.68. The van der Waals surface area contributed by atoms with Crippen LogP contribution in [0.2, 0.25) is 0 Å². The number of esters is 1. The molecule has 116 valence electrons.